The van der Waals surface area contributed by atoms with Crippen molar-refractivity contribution in [3.8, 4) is 0 Å². The van der Waals surface area contributed by atoms with Gasteiger partial charge in [-0.3, -0.25) is 4.79 Å². The van der Waals surface area contributed by atoms with Gasteiger partial charge in [-0.25, -0.2) is 0 Å². The van der Waals surface area contributed by atoms with E-state index in [1.807, 2.05) is 0 Å². The van der Waals surface area contributed by atoms with E-state index in [1.165, 1.54) is 24.3 Å². The van der Waals surface area contributed by atoms with E-state index < -0.39 is 23.3 Å². The maximum Gasteiger partial charge on any atom is 0.417 e. The van der Waals surface area contributed by atoms with Crippen LogP contribution in [0.1, 0.15) is 21.5 Å². The number of halogens is 3. The second-order valence-corrected chi connectivity index (χ2v) is 4.37. The molecule has 0 N–H and O–H groups in total. The summed E-state index contributed by atoms with van der Waals surface area (Å²) in [5, 5.41) is 10.6. The first-order valence-electron chi connectivity index (χ1n) is 5.85. The third kappa shape index (κ3) is 3.50. The number of pyridine rings is 1. The van der Waals surface area contributed by atoms with Crippen LogP contribution in [0.3, 0.4) is 0 Å². The summed E-state index contributed by atoms with van der Waals surface area (Å²) in [6.07, 6.45) is -3.80. The van der Waals surface area contributed by atoms with Crippen LogP contribution < -0.4 is 10.7 Å². The molecule has 0 bridgehead atoms. The Morgan fingerprint density at radius 2 is 1.71 bits per heavy atom. The highest BCUT2D eigenvalue weighted by Gasteiger charge is 2.30. The average Bonchev–Trinajstić information content (AvgIpc) is 2.40. The van der Waals surface area contributed by atoms with Gasteiger partial charge in [-0.15, -0.1) is 0 Å². The van der Waals surface area contributed by atoms with Gasteiger partial charge in [0, 0.05) is 12.3 Å². The van der Waals surface area contributed by atoms with Crippen molar-refractivity contribution < 1.29 is 23.1 Å². The molecule has 21 heavy (non-hydrogen) atoms. The molecule has 4 nitrogen and oxygen atoms in total. The fourth-order valence-corrected chi connectivity index (χ4v) is 1.77. The second-order valence-electron chi connectivity index (χ2n) is 4.37. The molecule has 2 rings (SSSR count). The molecule has 7 heteroatoms. The quantitative estimate of drug-likeness (QED) is 0.857. The van der Waals surface area contributed by atoms with Crippen molar-refractivity contribution in [2.45, 2.75) is 12.7 Å². The molecule has 0 aliphatic heterocycles. The molecule has 1 heterocycles. The monoisotopic (exact) mass is 296 g/mol. The SMILES string of the molecule is O=C([O-])c1ccc(Cn2cc(C(F)(F)F)ccc2=O)cc1. The average molecular weight is 296 g/mol. The van der Waals surface area contributed by atoms with Gasteiger partial charge < -0.3 is 14.5 Å². The fourth-order valence-electron chi connectivity index (χ4n) is 1.77. The maximum atomic E-state index is 12.6. The van der Waals surface area contributed by atoms with Crippen molar-refractivity contribution in [1.29, 1.82) is 0 Å². The van der Waals surface area contributed by atoms with Gasteiger partial charge in [0.25, 0.3) is 5.56 Å². The number of aromatic nitrogens is 1. The molecule has 0 fully saturated rings. The highest BCUT2D eigenvalue weighted by Crippen LogP contribution is 2.28. The van der Waals surface area contributed by atoms with Crippen molar-refractivity contribution in [2.75, 3.05) is 0 Å². The van der Waals surface area contributed by atoms with Gasteiger partial charge in [-0.2, -0.15) is 13.2 Å². The number of alkyl halides is 3. The van der Waals surface area contributed by atoms with E-state index in [1.54, 1.807) is 0 Å². The van der Waals surface area contributed by atoms with Gasteiger partial charge in [0.15, 0.2) is 0 Å². The molecule has 0 atom stereocenters. The molecule has 0 spiro atoms. The van der Waals surface area contributed by atoms with Gasteiger partial charge >= 0.3 is 6.18 Å². The van der Waals surface area contributed by atoms with E-state index >= 15 is 0 Å². The van der Waals surface area contributed by atoms with E-state index in [-0.39, 0.29) is 12.1 Å². The number of benzene rings is 1. The molecule has 0 radical (unpaired) electrons. The summed E-state index contributed by atoms with van der Waals surface area (Å²) in [4.78, 5) is 22.2. The first kappa shape index (κ1) is 14.8. The Bertz CT molecular complexity index is 717. The van der Waals surface area contributed by atoms with E-state index in [0.29, 0.717) is 5.56 Å². The van der Waals surface area contributed by atoms with Crippen LogP contribution in [0.4, 0.5) is 13.2 Å². The van der Waals surface area contributed by atoms with E-state index in [9.17, 15) is 27.9 Å². The van der Waals surface area contributed by atoms with E-state index in [4.69, 9.17) is 0 Å². The minimum absolute atomic E-state index is 0.0462. The zero-order chi connectivity index (χ0) is 15.6. The Kier molecular flexibility index (Phi) is 3.84. The maximum absolute atomic E-state index is 12.6. The third-order valence-electron chi connectivity index (χ3n) is 2.85. The number of carboxylic acids is 1. The smallest absolute Gasteiger partial charge is 0.417 e. The number of hydrogen-bond donors (Lipinski definition) is 0. The van der Waals surface area contributed by atoms with Gasteiger partial charge in [-0.05, 0) is 17.2 Å². The number of carboxylic acid groups (broad SMARTS) is 1. The molecule has 0 unspecified atom stereocenters. The molecule has 1 aromatic heterocycles. The van der Waals surface area contributed by atoms with Crippen molar-refractivity contribution in [1.82, 2.24) is 4.57 Å². The molecular formula is C14H9F3NO3-. The van der Waals surface area contributed by atoms with Crippen LogP contribution in [-0.2, 0) is 12.7 Å². The van der Waals surface area contributed by atoms with Crippen molar-refractivity contribution in [2.24, 2.45) is 0 Å². The standard InChI is InChI=1S/C14H10F3NO3/c15-14(16,17)11-5-6-12(19)18(8-11)7-9-1-3-10(4-2-9)13(20)21/h1-6,8H,7H2,(H,20,21)/p-1. The largest absolute Gasteiger partial charge is 0.545 e. The van der Waals surface area contributed by atoms with Crippen LogP contribution in [0.5, 0.6) is 0 Å². The van der Waals surface area contributed by atoms with Crippen molar-refractivity contribution in [3.63, 3.8) is 0 Å². The summed E-state index contributed by atoms with van der Waals surface area (Å²) < 4.78 is 38.7. The lowest BCUT2D eigenvalue weighted by atomic mass is 10.1. The number of rotatable bonds is 3. The summed E-state index contributed by atoms with van der Waals surface area (Å²) in [6.45, 7) is -0.0872. The zero-order valence-corrected chi connectivity index (χ0v) is 10.6. The second kappa shape index (κ2) is 5.43. The molecule has 0 amide bonds. The molecule has 0 saturated carbocycles. The molecular weight excluding hydrogens is 287 g/mol. The summed E-state index contributed by atoms with van der Waals surface area (Å²) >= 11 is 0. The number of carbonyl (C=O) groups is 1. The van der Waals surface area contributed by atoms with Gasteiger partial charge in [0.05, 0.1) is 18.1 Å². The summed E-state index contributed by atoms with van der Waals surface area (Å²) in [5.74, 6) is -1.35. The molecule has 1 aromatic carbocycles. The van der Waals surface area contributed by atoms with Crippen molar-refractivity contribution >= 4 is 5.97 Å². The summed E-state index contributed by atoms with van der Waals surface area (Å²) in [7, 11) is 0. The van der Waals surface area contributed by atoms with Crippen LogP contribution >= 0.6 is 0 Å². The Morgan fingerprint density at radius 1 is 1.10 bits per heavy atom. The number of nitrogens with zero attached hydrogens (tertiary/aromatic N) is 1. The Hall–Kier alpha value is -2.57. The normalized spacial score (nSPS) is 11.4. The van der Waals surface area contributed by atoms with E-state index in [0.717, 1.165) is 22.9 Å². The first-order valence-corrected chi connectivity index (χ1v) is 5.85. The van der Waals surface area contributed by atoms with Crippen LogP contribution in [0.2, 0.25) is 0 Å². The van der Waals surface area contributed by atoms with Gasteiger partial charge in [-0.1, -0.05) is 24.3 Å². The summed E-state index contributed by atoms with van der Waals surface area (Å²) in [6, 6.07) is 6.93. The fraction of sp³-hybridized carbons (Fsp3) is 0.143. The topological polar surface area (TPSA) is 62.1 Å². The number of carbonyl (C=O) groups excluding carboxylic acids is 1. The molecule has 0 saturated heterocycles. The number of hydrogen-bond acceptors (Lipinski definition) is 3. The van der Waals surface area contributed by atoms with Gasteiger partial charge in [0.1, 0.15) is 0 Å². The highest BCUT2D eigenvalue weighted by molar-refractivity contribution is 5.85. The lowest BCUT2D eigenvalue weighted by Crippen LogP contribution is -2.23. The van der Waals surface area contributed by atoms with Crippen LogP contribution in [0.25, 0.3) is 0 Å². The summed E-state index contributed by atoms with van der Waals surface area (Å²) in [5.41, 5.74) is -1.04. The zero-order valence-electron chi connectivity index (χ0n) is 10.6. The Morgan fingerprint density at radius 3 is 2.24 bits per heavy atom. The van der Waals surface area contributed by atoms with Crippen LogP contribution in [0, 0.1) is 0 Å². The van der Waals surface area contributed by atoms with Gasteiger partial charge in [0.2, 0.25) is 0 Å². The van der Waals surface area contributed by atoms with Crippen molar-refractivity contribution in [3.05, 3.63) is 69.6 Å². The predicted molar refractivity (Wildman–Crippen MR) is 65.6 cm³/mol. The lowest BCUT2D eigenvalue weighted by Gasteiger charge is -2.11. The minimum Gasteiger partial charge on any atom is -0.545 e. The predicted octanol–water partition coefficient (Wildman–Crippen LogP) is 1.28. The minimum atomic E-state index is -4.53. The van der Waals surface area contributed by atoms with E-state index in [2.05, 4.69) is 0 Å². The Balaban J connectivity index is 2.31. The molecule has 0 aliphatic rings. The first-order chi connectivity index (χ1) is 9.77. The highest BCUT2D eigenvalue weighted by atomic mass is 19.4. The van der Waals surface area contributed by atoms with Crippen LogP contribution in [0.15, 0.2) is 47.4 Å². The molecule has 110 valence electrons. The lowest BCUT2D eigenvalue weighted by molar-refractivity contribution is -0.255. The third-order valence-corrected chi connectivity index (χ3v) is 2.85. The molecule has 2 aromatic rings. The number of aromatic carboxylic acids is 1. The Labute approximate surface area is 117 Å². The molecule has 0 aliphatic carbocycles. The van der Waals surface area contributed by atoms with Crippen LogP contribution in [-0.4, -0.2) is 10.5 Å².